The number of hydrogen-bond acceptors (Lipinski definition) is 5. The summed E-state index contributed by atoms with van der Waals surface area (Å²) >= 11 is 0. The number of nitrogens with zero attached hydrogens (tertiary/aromatic N) is 1. The predicted molar refractivity (Wildman–Crippen MR) is 87.4 cm³/mol. The molecule has 6 nitrogen and oxygen atoms in total. The molecule has 6 heteroatoms. The third-order valence-corrected chi connectivity index (χ3v) is 3.25. The van der Waals surface area contributed by atoms with Gasteiger partial charge < -0.3 is 20.1 Å². The molecule has 0 saturated carbocycles. The third-order valence-electron chi connectivity index (χ3n) is 3.25. The largest absolute Gasteiger partial charge is 0.503 e. The van der Waals surface area contributed by atoms with Crippen molar-refractivity contribution in [1.82, 2.24) is 4.98 Å². The zero-order valence-corrected chi connectivity index (χ0v) is 13.4. The van der Waals surface area contributed by atoms with E-state index < -0.39 is 12.1 Å². The van der Waals surface area contributed by atoms with E-state index in [1.165, 1.54) is 6.20 Å². The molecule has 1 aromatic rings. The van der Waals surface area contributed by atoms with Crippen molar-refractivity contribution in [3.05, 3.63) is 24.0 Å². The lowest BCUT2D eigenvalue weighted by molar-refractivity contribution is -0.137. The van der Waals surface area contributed by atoms with Crippen LogP contribution in [0.15, 0.2) is 18.3 Å². The van der Waals surface area contributed by atoms with E-state index >= 15 is 0 Å². The lowest BCUT2D eigenvalue weighted by Gasteiger charge is -2.08. The summed E-state index contributed by atoms with van der Waals surface area (Å²) in [4.78, 5) is 14.5. The SMILES string of the molecule is CCCCCC(O)/C=C/c1cc(OCCCC(=O)O)c(O)cn1. The number of ether oxygens (including phenoxy) is 1. The Morgan fingerprint density at radius 2 is 2.17 bits per heavy atom. The van der Waals surface area contributed by atoms with Crippen molar-refractivity contribution in [2.45, 2.75) is 51.6 Å². The molecule has 0 fully saturated rings. The Labute approximate surface area is 136 Å². The second-order valence-electron chi connectivity index (χ2n) is 5.34. The van der Waals surface area contributed by atoms with E-state index in [1.807, 2.05) is 0 Å². The van der Waals surface area contributed by atoms with Gasteiger partial charge in [0.25, 0.3) is 0 Å². The van der Waals surface area contributed by atoms with Crippen LogP contribution in [0, 0.1) is 0 Å². The Bertz CT molecular complexity index is 516. The minimum atomic E-state index is -0.881. The molecule has 1 heterocycles. The van der Waals surface area contributed by atoms with Crippen LogP contribution in [-0.2, 0) is 4.79 Å². The van der Waals surface area contributed by atoms with Gasteiger partial charge in [0.15, 0.2) is 11.5 Å². The number of hydrogen-bond donors (Lipinski definition) is 3. The maximum absolute atomic E-state index is 10.4. The fourth-order valence-corrected chi connectivity index (χ4v) is 1.97. The summed E-state index contributed by atoms with van der Waals surface area (Å²) in [5.41, 5.74) is 0.561. The summed E-state index contributed by atoms with van der Waals surface area (Å²) in [5.74, 6) is -0.722. The van der Waals surface area contributed by atoms with E-state index in [-0.39, 0.29) is 24.5 Å². The maximum Gasteiger partial charge on any atom is 0.303 e. The predicted octanol–water partition coefficient (Wildman–Crippen LogP) is 2.99. The van der Waals surface area contributed by atoms with Crippen LogP contribution in [0.2, 0.25) is 0 Å². The summed E-state index contributed by atoms with van der Waals surface area (Å²) in [6, 6.07) is 1.56. The average molecular weight is 323 g/mol. The van der Waals surface area contributed by atoms with E-state index in [4.69, 9.17) is 9.84 Å². The van der Waals surface area contributed by atoms with Crippen molar-refractivity contribution in [2.24, 2.45) is 0 Å². The summed E-state index contributed by atoms with van der Waals surface area (Å²) in [6.45, 7) is 2.31. The molecule has 1 aromatic heterocycles. The second-order valence-corrected chi connectivity index (χ2v) is 5.34. The number of unbranched alkanes of at least 4 members (excludes halogenated alkanes) is 2. The van der Waals surface area contributed by atoms with E-state index in [0.29, 0.717) is 18.5 Å². The lowest BCUT2D eigenvalue weighted by Crippen LogP contribution is -2.03. The second kappa shape index (κ2) is 10.6. The molecule has 1 unspecified atom stereocenters. The first-order chi connectivity index (χ1) is 11.0. The molecule has 0 spiro atoms. The van der Waals surface area contributed by atoms with Crippen LogP contribution in [0.1, 0.15) is 51.1 Å². The molecule has 0 bridgehead atoms. The number of pyridine rings is 1. The van der Waals surface area contributed by atoms with Crippen molar-refractivity contribution in [1.29, 1.82) is 0 Å². The minimum Gasteiger partial charge on any atom is -0.503 e. The number of aromatic hydroxyl groups is 1. The van der Waals surface area contributed by atoms with Gasteiger partial charge in [-0.1, -0.05) is 32.3 Å². The standard InChI is InChI=1S/C17H25NO5/c1-2-3-4-6-14(19)9-8-13-11-16(15(20)12-18-13)23-10-5-7-17(21)22/h8-9,11-12,14,19-20H,2-7,10H2,1H3,(H,21,22)/b9-8+. The normalized spacial score (nSPS) is 12.4. The zero-order valence-electron chi connectivity index (χ0n) is 13.4. The topological polar surface area (TPSA) is 99.9 Å². The third kappa shape index (κ3) is 8.21. The number of aliphatic carboxylic acids is 1. The quantitative estimate of drug-likeness (QED) is 0.541. The Morgan fingerprint density at radius 1 is 1.39 bits per heavy atom. The first-order valence-corrected chi connectivity index (χ1v) is 7.92. The van der Waals surface area contributed by atoms with Crippen LogP contribution in [0.5, 0.6) is 11.5 Å². The molecule has 3 N–H and O–H groups in total. The van der Waals surface area contributed by atoms with Gasteiger partial charge >= 0.3 is 5.97 Å². The first-order valence-electron chi connectivity index (χ1n) is 7.92. The van der Waals surface area contributed by atoms with Crippen LogP contribution in [0.4, 0.5) is 0 Å². The molecule has 0 aliphatic carbocycles. The molecular weight excluding hydrogens is 298 g/mol. The summed E-state index contributed by atoms with van der Waals surface area (Å²) in [7, 11) is 0. The molecular formula is C17H25NO5. The highest BCUT2D eigenvalue weighted by Crippen LogP contribution is 2.26. The van der Waals surface area contributed by atoms with Crippen molar-refractivity contribution in [3.63, 3.8) is 0 Å². The molecule has 0 amide bonds. The smallest absolute Gasteiger partial charge is 0.303 e. The van der Waals surface area contributed by atoms with Crippen molar-refractivity contribution < 1.29 is 24.9 Å². The molecule has 0 aromatic carbocycles. The van der Waals surface area contributed by atoms with Crippen LogP contribution in [0.3, 0.4) is 0 Å². The van der Waals surface area contributed by atoms with Crippen molar-refractivity contribution >= 4 is 12.0 Å². The lowest BCUT2D eigenvalue weighted by atomic mass is 10.1. The van der Waals surface area contributed by atoms with Crippen LogP contribution >= 0.6 is 0 Å². The Balaban J connectivity index is 2.53. The number of aliphatic hydroxyl groups excluding tert-OH is 1. The van der Waals surface area contributed by atoms with Crippen LogP contribution in [0.25, 0.3) is 6.08 Å². The Hall–Kier alpha value is -2.08. The van der Waals surface area contributed by atoms with Gasteiger partial charge in [0.1, 0.15) is 0 Å². The van der Waals surface area contributed by atoms with Gasteiger partial charge in [0.2, 0.25) is 0 Å². The van der Waals surface area contributed by atoms with Gasteiger partial charge in [-0.2, -0.15) is 0 Å². The van der Waals surface area contributed by atoms with Crippen molar-refractivity contribution in [3.8, 4) is 11.5 Å². The highest BCUT2D eigenvalue weighted by molar-refractivity contribution is 5.66. The van der Waals surface area contributed by atoms with E-state index in [1.54, 1.807) is 18.2 Å². The number of carbonyl (C=O) groups is 1. The molecule has 0 aliphatic rings. The van der Waals surface area contributed by atoms with Crippen LogP contribution < -0.4 is 4.74 Å². The fraction of sp³-hybridized carbons (Fsp3) is 0.529. The number of aromatic nitrogens is 1. The van der Waals surface area contributed by atoms with Gasteiger partial charge in [0.05, 0.1) is 24.6 Å². The van der Waals surface area contributed by atoms with Crippen LogP contribution in [-0.4, -0.2) is 39.0 Å². The summed E-state index contributed by atoms with van der Waals surface area (Å²) < 4.78 is 5.36. The summed E-state index contributed by atoms with van der Waals surface area (Å²) in [5, 5.41) is 28.1. The molecule has 0 aliphatic heterocycles. The van der Waals surface area contributed by atoms with Crippen molar-refractivity contribution in [2.75, 3.05) is 6.61 Å². The molecule has 23 heavy (non-hydrogen) atoms. The Kier molecular flexibility index (Phi) is 8.75. The monoisotopic (exact) mass is 323 g/mol. The molecule has 0 radical (unpaired) electrons. The van der Waals surface area contributed by atoms with E-state index in [9.17, 15) is 15.0 Å². The number of carboxylic acids is 1. The van der Waals surface area contributed by atoms with Gasteiger partial charge in [-0.15, -0.1) is 0 Å². The number of rotatable bonds is 11. The molecule has 0 saturated heterocycles. The van der Waals surface area contributed by atoms with Gasteiger partial charge in [0, 0.05) is 12.5 Å². The summed E-state index contributed by atoms with van der Waals surface area (Å²) in [6.07, 6.45) is 8.37. The Morgan fingerprint density at radius 3 is 2.87 bits per heavy atom. The zero-order chi connectivity index (χ0) is 17.1. The minimum absolute atomic E-state index is 0.0164. The first kappa shape index (κ1) is 19.0. The highest BCUT2D eigenvalue weighted by atomic mass is 16.5. The molecule has 128 valence electrons. The fourth-order valence-electron chi connectivity index (χ4n) is 1.97. The van der Waals surface area contributed by atoms with Gasteiger partial charge in [-0.25, -0.2) is 0 Å². The highest BCUT2D eigenvalue weighted by Gasteiger charge is 2.06. The number of aliphatic hydroxyl groups is 1. The van der Waals surface area contributed by atoms with E-state index in [0.717, 1.165) is 19.3 Å². The maximum atomic E-state index is 10.4. The average Bonchev–Trinajstić information content (AvgIpc) is 2.52. The van der Waals surface area contributed by atoms with E-state index in [2.05, 4.69) is 11.9 Å². The molecule has 1 rings (SSSR count). The van der Waals surface area contributed by atoms with Gasteiger partial charge in [-0.3, -0.25) is 9.78 Å². The number of carboxylic acid groups (broad SMARTS) is 1. The molecule has 1 atom stereocenters. The van der Waals surface area contributed by atoms with Gasteiger partial charge in [-0.05, 0) is 18.9 Å².